The molecule has 0 aliphatic carbocycles. The van der Waals surface area contributed by atoms with Gasteiger partial charge < -0.3 is 15.3 Å². The Balaban J connectivity index is 2.36. The number of hydrogen-bond donors (Lipinski definition) is 2. The Morgan fingerprint density at radius 1 is 1.56 bits per heavy atom. The Bertz CT molecular complexity index is 221. The van der Waals surface area contributed by atoms with E-state index in [1.165, 1.54) is 25.7 Å². The highest BCUT2D eigenvalue weighted by atomic mass is 16.4. The molecular formula is C12H24N2O2. The number of hydrogen-bond acceptors (Lipinski definition) is 3. The molecule has 0 spiro atoms. The standard InChI is InChI=1S/C12H24N2O2/c1-3-10-6-4-5-8-14(10)9-7-11(13-2)12(15)16/h10-11,13H,3-9H2,1-2H3,(H,15,16). The Morgan fingerprint density at radius 3 is 2.88 bits per heavy atom. The minimum Gasteiger partial charge on any atom is -0.480 e. The van der Waals surface area contributed by atoms with E-state index in [2.05, 4.69) is 17.1 Å². The molecule has 1 saturated heterocycles. The maximum atomic E-state index is 10.9. The minimum atomic E-state index is -0.743. The number of carbonyl (C=O) groups is 1. The van der Waals surface area contributed by atoms with E-state index in [0.717, 1.165) is 13.1 Å². The predicted molar refractivity (Wildman–Crippen MR) is 64.6 cm³/mol. The molecule has 0 aromatic rings. The normalized spacial score (nSPS) is 24.2. The van der Waals surface area contributed by atoms with Gasteiger partial charge in [0.1, 0.15) is 6.04 Å². The summed E-state index contributed by atoms with van der Waals surface area (Å²) in [6.07, 6.45) is 5.73. The molecule has 1 rings (SSSR count). The molecule has 0 saturated carbocycles. The lowest BCUT2D eigenvalue weighted by Crippen LogP contribution is -2.43. The molecule has 0 bridgehead atoms. The van der Waals surface area contributed by atoms with Gasteiger partial charge in [-0.2, -0.15) is 0 Å². The van der Waals surface area contributed by atoms with E-state index in [0.29, 0.717) is 12.5 Å². The molecule has 0 amide bonds. The molecule has 4 heteroatoms. The first-order chi connectivity index (χ1) is 7.69. The maximum Gasteiger partial charge on any atom is 0.320 e. The number of carboxylic acid groups (broad SMARTS) is 1. The third-order valence-electron chi connectivity index (χ3n) is 3.57. The lowest BCUT2D eigenvalue weighted by Gasteiger charge is -2.35. The first kappa shape index (κ1) is 13.5. The highest BCUT2D eigenvalue weighted by Gasteiger charge is 2.22. The third-order valence-corrected chi connectivity index (χ3v) is 3.57. The van der Waals surface area contributed by atoms with Crippen LogP contribution < -0.4 is 5.32 Å². The van der Waals surface area contributed by atoms with E-state index in [4.69, 9.17) is 5.11 Å². The second-order valence-electron chi connectivity index (χ2n) is 4.56. The summed E-state index contributed by atoms with van der Waals surface area (Å²) in [4.78, 5) is 13.3. The molecular weight excluding hydrogens is 204 g/mol. The van der Waals surface area contributed by atoms with Gasteiger partial charge in [-0.05, 0) is 39.3 Å². The second kappa shape index (κ2) is 6.86. The van der Waals surface area contributed by atoms with Crippen molar-refractivity contribution in [3.8, 4) is 0 Å². The summed E-state index contributed by atoms with van der Waals surface area (Å²) in [5.41, 5.74) is 0. The van der Waals surface area contributed by atoms with Crippen molar-refractivity contribution in [3.05, 3.63) is 0 Å². The van der Waals surface area contributed by atoms with Gasteiger partial charge in [-0.1, -0.05) is 13.3 Å². The van der Waals surface area contributed by atoms with Crippen molar-refractivity contribution in [1.82, 2.24) is 10.2 Å². The van der Waals surface area contributed by atoms with Crippen LogP contribution in [0, 0.1) is 0 Å². The molecule has 1 aliphatic rings. The zero-order valence-corrected chi connectivity index (χ0v) is 10.4. The van der Waals surface area contributed by atoms with Gasteiger partial charge in [-0.15, -0.1) is 0 Å². The van der Waals surface area contributed by atoms with E-state index >= 15 is 0 Å². The SMILES string of the molecule is CCC1CCCCN1CCC(NC)C(=O)O. The van der Waals surface area contributed by atoms with Crippen molar-refractivity contribution >= 4 is 5.97 Å². The fourth-order valence-electron chi connectivity index (χ4n) is 2.50. The molecule has 1 fully saturated rings. The van der Waals surface area contributed by atoms with Crippen LogP contribution in [-0.2, 0) is 4.79 Å². The Kier molecular flexibility index (Phi) is 5.77. The van der Waals surface area contributed by atoms with Gasteiger partial charge >= 0.3 is 5.97 Å². The van der Waals surface area contributed by atoms with Crippen LogP contribution >= 0.6 is 0 Å². The fourth-order valence-corrected chi connectivity index (χ4v) is 2.50. The fraction of sp³-hybridized carbons (Fsp3) is 0.917. The summed E-state index contributed by atoms with van der Waals surface area (Å²) in [7, 11) is 1.71. The lowest BCUT2D eigenvalue weighted by molar-refractivity contribution is -0.139. The van der Waals surface area contributed by atoms with Crippen molar-refractivity contribution in [2.24, 2.45) is 0 Å². The van der Waals surface area contributed by atoms with Crippen molar-refractivity contribution < 1.29 is 9.90 Å². The topological polar surface area (TPSA) is 52.6 Å². The molecule has 2 unspecified atom stereocenters. The molecule has 2 atom stereocenters. The number of likely N-dealkylation sites (tertiary alicyclic amines) is 1. The molecule has 16 heavy (non-hydrogen) atoms. The van der Waals surface area contributed by atoms with Crippen LogP contribution in [0.1, 0.15) is 39.0 Å². The first-order valence-corrected chi connectivity index (χ1v) is 6.33. The monoisotopic (exact) mass is 228 g/mol. The van der Waals surface area contributed by atoms with Crippen molar-refractivity contribution in [1.29, 1.82) is 0 Å². The number of nitrogens with one attached hydrogen (secondary N) is 1. The van der Waals surface area contributed by atoms with E-state index in [1.54, 1.807) is 7.05 Å². The largest absolute Gasteiger partial charge is 0.480 e. The summed E-state index contributed by atoms with van der Waals surface area (Å²) < 4.78 is 0. The van der Waals surface area contributed by atoms with Crippen molar-refractivity contribution in [2.75, 3.05) is 20.1 Å². The zero-order valence-electron chi connectivity index (χ0n) is 10.4. The van der Waals surface area contributed by atoms with Gasteiger partial charge in [-0.25, -0.2) is 0 Å². The van der Waals surface area contributed by atoms with E-state index < -0.39 is 12.0 Å². The summed E-state index contributed by atoms with van der Waals surface area (Å²) >= 11 is 0. The molecule has 4 nitrogen and oxygen atoms in total. The smallest absolute Gasteiger partial charge is 0.320 e. The van der Waals surface area contributed by atoms with E-state index in [9.17, 15) is 4.79 Å². The number of nitrogens with zero attached hydrogens (tertiary/aromatic N) is 1. The summed E-state index contributed by atoms with van der Waals surface area (Å²) in [5.74, 6) is -0.743. The van der Waals surface area contributed by atoms with Crippen molar-refractivity contribution in [3.63, 3.8) is 0 Å². The van der Waals surface area contributed by atoms with Crippen LogP contribution in [0.3, 0.4) is 0 Å². The van der Waals surface area contributed by atoms with Gasteiger partial charge in [0.15, 0.2) is 0 Å². The van der Waals surface area contributed by atoms with Crippen LogP contribution in [-0.4, -0.2) is 48.2 Å². The van der Waals surface area contributed by atoms with Crippen molar-refractivity contribution in [2.45, 2.75) is 51.1 Å². The van der Waals surface area contributed by atoms with Gasteiger partial charge in [-0.3, -0.25) is 4.79 Å². The van der Waals surface area contributed by atoms with Crippen LogP contribution in [0.15, 0.2) is 0 Å². The third kappa shape index (κ3) is 3.76. The van der Waals surface area contributed by atoms with Crippen LogP contribution in [0.4, 0.5) is 0 Å². The molecule has 1 heterocycles. The summed E-state index contributed by atoms with van der Waals surface area (Å²) in [5, 5.41) is 11.8. The van der Waals surface area contributed by atoms with Gasteiger partial charge in [0.05, 0.1) is 0 Å². The van der Waals surface area contributed by atoms with Crippen LogP contribution in [0.5, 0.6) is 0 Å². The Morgan fingerprint density at radius 2 is 2.31 bits per heavy atom. The number of rotatable bonds is 6. The van der Waals surface area contributed by atoms with Crippen LogP contribution in [0.2, 0.25) is 0 Å². The molecule has 94 valence electrons. The van der Waals surface area contributed by atoms with E-state index in [-0.39, 0.29) is 0 Å². The maximum absolute atomic E-state index is 10.9. The van der Waals surface area contributed by atoms with Gasteiger partial charge in [0, 0.05) is 12.6 Å². The molecule has 2 N–H and O–H groups in total. The van der Waals surface area contributed by atoms with Gasteiger partial charge in [0.25, 0.3) is 0 Å². The molecule has 0 aromatic carbocycles. The molecule has 1 aliphatic heterocycles. The second-order valence-corrected chi connectivity index (χ2v) is 4.56. The Hall–Kier alpha value is -0.610. The summed E-state index contributed by atoms with van der Waals surface area (Å²) in [6, 6.07) is 0.263. The minimum absolute atomic E-state index is 0.403. The van der Waals surface area contributed by atoms with Crippen LogP contribution in [0.25, 0.3) is 0 Å². The molecule has 0 aromatic heterocycles. The number of carboxylic acids is 1. The first-order valence-electron chi connectivity index (χ1n) is 6.33. The summed E-state index contributed by atoms with van der Waals surface area (Å²) in [6.45, 7) is 4.25. The average Bonchev–Trinajstić information content (AvgIpc) is 2.30. The van der Waals surface area contributed by atoms with Gasteiger partial charge in [0.2, 0.25) is 0 Å². The lowest BCUT2D eigenvalue weighted by atomic mass is 9.99. The highest BCUT2D eigenvalue weighted by Crippen LogP contribution is 2.19. The zero-order chi connectivity index (χ0) is 12.0. The number of likely N-dealkylation sites (N-methyl/N-ethyl adjacent to an activating group) is 1. The predicted octanol–water partition coefficient (Wildman–Crippen LogP) is 1.31. The Labute approximate surface area is 98.0 Å². The average molecular weight is 228 g/mol. The molecule has 0 radical (unpaired) electrons. The number of piperidine rings is 1. The van der Waals surface area contributed by atoms with E-state index in [1.807, 2.05) is 0 Å². The quantitative estimate of drug-likeness (QED) is 0.720. The highest BCUT2D eigenvalue weighted by molar-refractivity contribution is 5.73. The number of aliphatic carboxylic acids is 1.